The van der Waals surface area contributed by atoms with Gasteiger partial charge in [0.2, 0.25) is 0 Å². The summed E-state index contributed by atoms with van der Waals surface area (Å²) in [5, 5.41) is 3.42. The van der Waals surface area contributed by atoms with Crippen molar-refractivity contribution in [2.75, 3.05) is 19.7 Å². The van der Waals surface area contributed by atoms with Crippen LogP contribution in [0.2, 0.25) is 0 Å². The van der Waals surface area contributed by atoms with Crippen LogP contribution in [-0.4, -0.2) is 19.7 Å². The molecule has 1 aromatic carbocycles. The van der Waals surface area contributed by atoms with Gasteiger partial charge in [0.25, 0.3) is 0 Å². The van der Waals surface area contributed by atoms with Crippen LogP contribution in [0.4, 0.5) is 0 Å². The summed E-state index contributed by atoms with van der Waals surface area (Å²) in [7, 11) is 0. The maximum atomic E-state index is 5.84. The molecule has 1 saturated heterocycles. The summed E-state index contributed by atoms with van der Waals surface area (Å²) in [6, 6.07) is 6.65. The van der Waals surface area contributed by atoms with Gasteiger partial charge in [-0.3, -0.25) is 0 Å². The van der Waals surface area contributed by atoms with Crippen molar-refractivity contribution in [2.24, 2.45) is 0 Å². The smallest absolute Gasteiger partial charge is 0.123 e. The van der Waals surface area contributed by atoms with Crippen molar-refractivity contribution in [3.05, 3.63) is 29.3 Å². The summed E-state index contributed by atoms with van der Waals surface area (Å²) in [6.07, 6.45) is 2.42. The molecule has 0 unspecified atom stereocenters. The molecule has 0 amide bonds. The number of piperidine rings is 1. The molecule has 1 fully saturated rings. The number of fused-ring (bicyclic) bond motifs is 2. The molecule has 0 radical (unpaired) electrons. The van der Waals surface area contributed by atoms with Crippen LogP contribution in [0, 0.1) is 6.92 Å². The zero-order chi connectivity index (χ0) is 10.3. The molecule has 2 heteroatoms. The second-order valence-corrected chi connectivity index (χ2v) is 4.82. The molecule has 1 spiro atoms. The predicted octanol–water partition coefficient (Wildman–Crippen LogP) is 2.01. The SMILES string of the molecule is Cc1ccc2c(c1)OCC21CCNCC1. The van der Waals surface area contributed by atoms with Crippen molar-refractivity contribution < 1.29 is 4.74 Å². The minimum atomic E-state index is 0.314. The summed E-state index contributed by atoms with van der Waals surface area (Å²) in [4.78, 5) is 0. The minimum Gasteiger partial charge on any atom is -0.492 e. The molecule has 80 valence electrons. The highest BCUT2D eigenvalue weighted by atomic mass is 16.5. The lowest BCUT2D eigenvalue weighted by atomic mass is 9.75. The van der Waals surface area contributed by atoms with E-state index in [0.717, 1.165) is 25.4 Å². The average Bonchev–Trinajstić information content (AvgIpc) is 2.58. The first-order valence-electron chi connectivity index (χ1n) is 5.75. The number of aryl methyl sites for hydroxylation is 1. The van der Waals surface area contributed by atoms with E-state index in [-0.39, 0.29) is 0 Å². The van der Waals surface area contributed by atoms with Crippen LogP contribution in [0.25, 0.3) is 0 Å². The Balaban J connectivity index is 2.03. The topological polar surface area (TPSA) is 21.3 Å². The van der Waals surface area contributed by atoms with Crippen LogP contribution in [0.1, 0.15) is 24.0 Å². The van der Waals surface area contributed by atoms with Crippen LogP contribution >= 0.6 is 0 Å². The van der Waals surface area contributed by atoms with Gasteiger partial charge >= 0.3 is 0 Å². The van der Waals surface area contributed by atoms with E-state index in [1.54, 1.807) is 0 Å². The van der Waals surface area contributed by atoms with Crippen LogP contribution < -0.4 is 10.1 Å². The van der Waals surface area contributed by atoms with Crippen LogP contribution in [0.15, 0.2) is 18.2 Å². The molecule has 15 heavy (non-hydrogen) atoms. The Labute approximate surface area is 90.6 Å². The third-order valence-electron chi connectivity index (χ3n) is 3.77. The molecule has 2 nitrogen and oxygen atoms in total. The Kier molecular flexibility index (Phi) is 1.99. The van der Waals surface area contributed by atoms with Gasteiger partial charge in [0, 0.05) is 11.0 Å². The third-order valence-corrected chi connectivity index (χ3v) is 3.77. The van der Waals surface area contributed by atoms with E-state index < -0.39 is 0 Å². The Morgan fingerprint density at radius 1 is 1.27 bits per heavy atom. The minimum absolute atomic E-state index is 0.314. The van der Waals surface area contributed by atoms with Crippen molar-refractivity contribution in [2.45, 2.75) is 25.2 Å². The van der Waals surface area contributed by atoms with Crippen LogP contribution in [-0.2, 0) is 5.41 Å². The molecule has 1 N–H and O–H groups in total. The number of ether oxygens (including phenoxy) is 1. The first-order valence-corrected chi connectivity index (χ1v) is 5.75. The fourth-order valence-corrected chi connectivity index (χ4v) is 2.80. The zero-order valence-electron chi connectivity index (χ0n) is 9.18. The van der Waals surface area contributed by atoms with E-state index in [0.29, 0.717) is 5.41 Å². The number of hydrogen-bond donors (Lipinski definition) is 1. The Morgan fingerprint density at radius 2 is 2.07 bits per heavy atom. The van der Waals surface area contributed by atoms with Gasteiger partial charge in [-0.2, -0.15) is 0 Å². The molecule has 0 aliphatic carbocycles. The number of nitrogens with one attached hydrogen (secondary N) is 1. The maximum Gasteiger partial charge on any atom is 0.123 e. The molecular weight excluding hydrogens is 186 g/mol. The van der Waals surface area contributed by atoms with Gasteiger partial charge in [0.05, 0.1) is 6.61 Å². The largest absolute Gasteiger partial charge is 0.492 e. The standard InChI is InChI=1S/C13H17NO/c1-10-2-3-11-12(8-10)15-9-13(11)4-6-14-7-5-13/h2-3,8,14H,4-7,9H2,1H3. The molecule has 1 aromatic rings. The number of benzene rings is 1. The molecule has 0 saturated carbocycles. The van der Waals surface area contributed by atoms with Crippen molar-refractivity contribution in [1.82, 2.24) is 5.32 Å². The lowest BCUT2D eigenvalue weighted by molar-refractivity contribution is 0.220. The zero-order valence-corrected chi connectivity index (χ0v) is 9.18. The van der Waals surface area contributed by atoms with Gasteiger partial charge in [-0.05, 0) is 44.5 Å². The fraction of sp³-hybridized carbons (Fsp3) is 0.538. The van der Waals surface area contributed by atoms with E-state index in [1.165, 1.54) is 24.0 Å². The van der Waals surface area contributed by atoms with Gasteiger partial charge in [-0.15, -0.1) is 0 Å². The van der Waals surface area contributed by atoms with Gasteiger partial charge in [0.15, 0.2) is 0 Å². The number of hydrogen-bond acceptors (Lipinski definition) is 2. The molecule has 2 aliphatic rings. The third kappa shape index (κ3) is 1.36. The average molecular weight is 203 g/mol. The number of rotatable bonds is 0. The van der Waals surface area contributed by atoms with Gasteiger partial charge < -0.3 is 10.1 Å². The van der Waals surface area contributed by atoms with Gasteiger partial charge in [-0.25, -0.2) is 0 Å². The van der Waals surface area contributed by atoms with Crippen molar-refractivity contribution in [3.63, 3.8) is 0 Å². The molecule has 0 aromatic heterocycles. The van der Waals surface area contributed by atoms with E-state index in [2.05, 4.69) is 30.4 Å². The molecule has 2 heterocycles. The normalized spacial score (nSPS) is 22.5. The predicted molar refractivity (Wildman–Crippen MR) is 60.5 cm³/mol. The lowest BCUT2D eigenvalue weighted by Gasteiger charge is -2.32. The van der Waals surface area contributed by atoms with E-state index in [1.807, 2.05) is 0 Å². The summed E-state index contributed by atoms with van der Waals surface area (Å²) >= 11 is 0. The van der Waals surface area contributed by atoms with Crippen molar-refractivity contribution in [1.29, 1.82) is 0 Å². The summed E-state index contributed by atoms with van der Waals surface area (Å²) < 4.78 is 5.84. The molecule has 0 atom stereocenters. The summed E-state index contributed by atoms with van der Waals surface area (Å²) in [6.45, 7) is 5.25. The lowest BCUT2D eigenvalue weighted by Crippen LogP contribution is -2.40. The second kappa shape index (κ2) is 3.24. The van der Waals surface area contributed by atoms with Gasteiger partial charge in [-0.1, -0.05) is 12.1 Å². The Bertz CT molecular complexity index is 380. The van der Waals surface area contributed by atoms with Crippen molar-refractivity contribution in [3.8, 4) is 5.75 Å². The van der Waals surface area contributed by atoms with E-state index in [9.17, 15) is 0 Å². The molecular formula is C13H17NO. The van der Waals surface area contributed by atoms with Crippen LogP contribution in [0.3, 0.4) is 0 Å². The second-order valence-electron chi connectivity index (χ2n) is 4.82. The summed E-state index contributed by atoms with van der Waals surface area (Å²) in [5.74, 6) is 1.12. The van der Waals surface area contributed by atoms with E-state index >= 15 is 0 Å². The highest BCUT2D eigenvalue weighted by Gasteiger charge is 2.41. The molecule has 0 bridgehead atoms. The summed E-state index contributed by atoms with van der Waals surface area (Å²) in [5.41, 5.74) is 3.04. The molecule has 3 rings (SSSR count). The Hall–Kier alpha value is -1.02. The monoisotopic (exact) mass is 203 g/mol. The Morgan fingerprint density at radius 3 is 2.87 bits per heavy atom. The molecule has 2 aliphatic heterocycles. The highest BCUT2D eigenvalue weighted by molar-refractivity contribution is 5.46. The van der Waals surface area contributed by atoms with Crippen molar-refractivity contribution >= 4 is 0 Å². The maximum absolute atomic E-state index is 5.84. The van der Waals surface area contributed by atoms with Gasteiger partial charge in [0.1, 0.15) is 5.75 Å². The van der Waals surface area contributed by atoms with Crippen LogP contribution in [0.5, 0.6) is 5.75 Å². The quantitative estimate of drug-likeness (QED) is 0.696. The first kappa shape index (κ1) is 9.22. The van der Waals surface area contributed by atoms with E-state index in [4.69, 9.17) is 4.74 Å². The fourth-order valence-electron chi connectivity index (χ4n) is 2.80. The first-order chi connectivity index (χ1) is 7.30. The highest BCUT2D eigenvalue weighted by Crippen LogP contribution is 2.44.